The Balaban J connectivity index is 2.09. The van der Waals surface area contributed by atoms with Gasteiger partial charge in [-0.3, -0.25) is 0 Å². The monoisotopic (exact) mass is 172 g/mol. The van der Waals surface area contributed by atoms with Gasteiger partial charge in [0.05, 0.1) is 7.11 Å². The molecule has 1 fully saturated rings. The third kappa shape index (κ3) is 3.09. The van der Waals surface area contributed by atoms with E-state index in [1.165, 1.54) is 20.0 Å². The molecular weight excluding hydrogens is 156 g/mol. The summed E-state index contributed by atoms with van der Waals surface area (Å²) in [5, 5.41) is 5.99. The second-order valence-electron chi connectivity index (χ2n) is 3.08. The first-order valence-corrected chi connectivity index (χ1v) is 4.35. The van der Waals surface area contributed by atoms with Crippen LogP contribution in [0.4, 0.5) is 4.79 Å². The van der Waals surface area contributed by atoms with Crippen LogP contribution in [-0.4, -0.2) is 32.8 Å². The fraction of sp³-hybridized carbons (Fsp3) is 0.875. The molecule has 0 aromatic carbocycles. The normalized spacial score (nSPS) is 23.2. The number of nitrogens with one attached hydrogen (secondary N) is 2. The van der Waals surface area contributed by atoms with E-state index in [9.17, 15) is 4.79 Å². The third-order valence-corrected chi connectivity index (χ3v) is 2.12. The van der Waals surface area contributed by atoms with E-state index < -0.39 is 0 Å². The van der Waals surface area contributed by atoms with Gasteiger partial charge in [-0.2, -0.15) is 0 Å². The number of carbonyl (C=O) groups is 1. The van der Waals surface area contributed by atoms with Gasteiger partial charge in [0.15, 0.2) is 0 Å². The standard InChI is InChI=1S/C8H16N2O2/c1-12-8(11)10-6-7-3-2-4-9-5-7/h7,9H,2-6H2,1H3,(H,10,11). The van der Waals surface area contributed by atoms with Crippen LogP contribution >= 0.6 is 0 Å². The largest absolute Gasteiger partial charge is 0.453 e. The van der Waals surface area contributed by atoms with Gasteiger partial charge < -0.3 is 15.4 Å². The Morgan fingerprint density at radius 3 is 3.17 bits per heavy atom. The lowest BCUT2D eigenvalue weighted by Gasteiger charge is -2.22. The van der Waals surface area contributed by atoms with E-state index in [0.29, 0.717) is 5.92 Å². The SMILES string of the molecule is COC(=O)NCC1CCCNC1. The van der Waals surface area contributed by atoms with Crippen LogP contribution in [0, 0.1) is 5.92 Å². The van der Waals surface area contributed by atoms with Gasteiger partial charge in [-0.05, 0) is 31.8 Å². The number of rotatable bonds is 2. The Bertz CT molecular complexity index is 144. The van der Waals surface area contributed by atoms with Gasteiger partial charge in [-0.25, -0.2) is 4.79 Å². The predicted molar refractivity (Wildman–Crippen MR) is 46.0 cm³/mol. The topological polar surface area (TPSA) is 50.4 Å². The molecule has 12 heavy (non-hydrogen) atoms. The van der Waals surface area contributed by atoms with Crippen molar-refractivity contribution in [2.24, 2.45) is 5.92 Å². The Kier molecular flexibility index (Phi) is 3.87. The summed E-state index contributed by atoms with van der Waals surface area (Å²) < 4.78 is 4.47. The average molecular weight is 172 g/mol. The molecule has 0 aliphatic carbocycles. The zero-order chi connectivity index (χ0) is 8.81. The van der Waals surface area contributed by atoms with Crippen LogP contribution in [0.1, 0.15) is 12.8 Å². The molecule has 4 heteroatoms. The maximum absolute atomic E-state index is 10.7. The van der Waals surface area contributed by atoms with Gasteiger partial charge in [0.1, 0.15) is 0 Å². The Labute approximate surface area is 72.7 Å². The van der Waals surface area contributed by atoms with Crippen molar-refractivity contribution in [3.05, 3.63) is 0 Å². The van der Waals surface area contributed by atoms with Crippen molar-refractivity contribution in [3.8, 4) is 0 Å². The van der Waals surface area contributed by atoms with Gasteiger partial charge in [-0.15, -0.1) is 0 Å². The number of amides is 1. The zero-order valence-corrected chi connectivity index (χ0v) is 7.43. The van der Waals surface area contributed by atoms with Gasteiger partial charge in [0.2, 0.25) is 0 Å². The van der Waals surface area contributed by atoms with Crippen molar-refractivity contribution in [1.82, 2.24) is 10.6 Å². The molecule has 1 amide bonds. The van der Waals surface area contributed by atoms with Crippen molar-refractivity contribution in [1.29, 1.82) is 0 Å². The smallest absolute Gasteiger partial charge is 0.406 e. The van der Waals surface area contributed by atoms with Crippen molar-refractivity contribution in [2.45, 2.75) is 12.8 Å². The van der Waals surface area contributed by atoms with Crippen molar-refractivity contribution in [3.63, 3.8) is 0 Å². The van der Waals surface area contributed by atoms with Crippen LogP contribution in [0.2, 0.25) is 0 Å². The van der Waals surface area contributed by atoms with E-state index >= 15 is 0 Å². The lowest BCUT2D eigenvalue weighted by molar-refractivity contribution is 0.168. The van der Waals surface area contributed by atoms with Crippen LogP contribution in [0.25, 0.3) is 0 Å². The molecule has 1 heterocycles. The van der Waals surface area contributed by atoms with Crippen LogP contribution in [0.15, 0.2) is 0 Å². The summed E-state index contributed by atoms with van der Waals surface area (Å²) in [6.45, 7) is 2.83. The van der Waals surface area contributed by atoms with E-state index in [1.54, 1.807) is 0 Å². The number of hydrogen-bond acceptors (Lipinski definition) is 3. The van der Waals surface area contributed by atoms with Crippen LogP contribution in [-0.2, 0) is 4.74 Å². The minimum atomic E-state index is -0.333. The number of hydrogen-bond donors (Lipinski definition) is 2. The average Bonchev–Trinajstić information content (AvgIpc) is 2.16. The number of alkyl carbamates (subject to hydrolysis) is 1. The molecule has 0 spiro atoms. The first kappa shape index (κ1) is 9.32. The Morgan fingerprint density at radius 2 is 2.58 bits per heavy atom. The molecule has 1 saturated heterocycles. The van der Waals surface area contributed by atoms with Gasteiger partial charge in [-0.1, -0.05) is 0 Å². The first-order chi connectivity index (χ1) is 5.83. The highest BCUT2D eigenvalue weighted by molar-refractivity contribution is 5.66. The molecule has 0 aromatic rings. The molecule has 1 aliphatic heterocycles. The van der Waals surface area contributed by atoms with Gasteiger partial charge in [0, 0.05) is 6.54 Å². The summed E-state index contributed by atoms with van der Waals surface area (Å²) in [6.07, 6.45) is 2.06. The van der Waals surface area contributed by atoms with E-state index in [4.69, 9.17) is 0 Å². The quantitative estimate of drug-likeness (QED) is 0.631. The number of carbonyl (C=O) groups excluding carboxylic acids is 1. The number of methoxy groups -OCH3 is 1. The molecule has 0 radical (unpaired) electrons. The molecule has 0 aromatic heterocycles. The fourth-order valence-electron chi connectivity index (χ4n) is 1.40. The summed E-state index contributed by atoms with van der Waals surface area (Å²) in [7, 11) is 1.38. The molecule has 1 rings (SSSR count). The van der Waals surface area contributed by atoms with Gasteiger partial charge in [0.25, 0.3) is 0 Å². The Morgan fingerprint density at radius 1 is 1.75 bits per heavy atom. The third-order valence-electron chi connectivity index (χ3n) is 2.12. The molecule has 70 valence electrons. The maximum atomic E-state index is 10.7. The van der Waals surface area contributed by atoms with Crippen LogP contribution in [0.3, 0.4) is 0 Å². The molecular formula is C8H16N2O2. The van der Waals surface area contributed by atoms with Crippen molar-refractivity contribution >= 4 is 6.09 Å². The minimum Gasteiger partial charge on any atom is -0.453 e. The summed E-state index contributed by atoms with van der Waals surface area (Å²) in [5.74, 6) is 0.567. The second-order valence-corrected chi connectivity index (χ2v) is 3.08. The summed E-state index contributed by atoms with van der Waals surface area (Å²) in [5.41, 5.74) is 0. The maximum Gasteiger partial charge on any atom is 0.406 e. The van der Waals surface area contributed by atoms with Crippen molar-refractivity contribution in [2.75, 3.05) is 26.7 Å². The van der Waals surface area contributed by atoms with Crippen molar-refractivity contribution < 1.29 is 9.53 Å². The van der Waals surface area contributed by atoms with E-state index in [2.05, 4.69) is 15.4 Å². The number of piperidine rings is 1. The molecule has 0 bridgehead atoms. The second kappa shape index (κ2) is 4.98. The molecule has 2 N–H and O–H groups in total. The van der Waals surface area contributed by atoms with E-state index in [1.807, 2.05) is 0 Å². The summed E-state index contributed by atoms with van der Waals surface area (Å²) in [4.78, 5) is 10.7. The van der Waals surface area contributed by atoms with Crippen LogP contribution < -0.4 is 10.6 Å². The van der Waals surface area contributed by atoms with Gasteiger partial charge >= 0.3 is 6.09 Å². The zero-order valence-electron chi connectivity index (χ0n) is 7.43. The molecule has 1 atom stereocenters. The highest BCUT2D eigenvalue weighted by Gasteiger charge is 2.13. The van der Waals surface area contributed by atoms with E-state index in [0.717, 1.165) is 19.6 Å². The fourth-order valence-corrected chi connectivity index (χ4v) is 1.40. The highest BCUT2D eigenvalue weighted by atomic mass is 16.5. The summed E-state index contributed by atoms with van der Waals surface area (Å²) in [6, 6.07) is 0. The van der Waals surface area contributed by atoms with E-state index in [-0.39, 0.29) is 6.09 Å². The molecule has 1 aliphatic rings. The Hall–Kier alpha value is -0.770. The predicted octanol–water partition coefficient (Wildman–Crippen LogP) is 0.342. The molecule has 1 unspecified atom stereocenters. The van der Waals surface area contributed by atoms with Crippen LogP contribution in [0.5, 0.6) is 0 Å². The number of ether oxygens (including phenoxy) is 1. The lowest BCUT2D eigenvalue weighted by atomic mass is 10.00. The highest BCUT2D eigenvalue weighted by Crippen LogP contribution is 2.07. The molecule has 4 nitrogen and oxygen atoms in total. The summed E-state index contributed by atoms with van der Waals surface area (Å²) >= 11 is 0. The lowest BCUT2D eigenvalue weighted by Crippen LogP contribution is -2.38. The molecule has 0 saturated carbocycles. The minimum absolute atomic E-state index is 0.333. The first-order valence-electron chi connectivity index (χ1n) is 4.35.